The maximum Gasteiger partial charge on any atom is 0.311 e. The number of carbonyl (C=O) groups is 2. The first kappa shape index (κ1) is 18.1. The number of carboxylic acid groups (broad SMARTS) is 1. The number of carbonyl (C=O) groups excluding carboxylic acids is 1. The van der Waals surface area contributed by atoms with E-state index in [9.17, 15) is 24.8 Å². The summed E-state index contributed by atoms with van der Waals surface area (Å²) >= 11 is 0. The molecule has 0 spiro atoms. The molecule has 0 unspecified atom stereocenters. The zero-order chi connectivity index (χ0) is 19.9. The fraction of sp³-hybridized carbons (Fsp3) is 0.389. The highest BCUT2D eigenvalue weighted by Gasteiger charge is 2.55. The number of likely N-dealkylation sites (tertiary alicyclic amines) is 1. The van der Waals surface area contributed by atoms with Gasteiger partial charge in [-0.1, -0.05) is 0 Å². The minimum atomic E-state index is -1.02. The molecule has 1 aromatic carbocycles. The van der Waals surface area contributed by atoms with Gasteiger partial charge in [0.05, 0.1) is 23.3 Å². The third-order valence-electron chi connectivity index (χ3n) is 5.62. The fourth-order valence-corrected chi connectivity index (χ4v) is 4.06. The molecule has 0 aliphatic carbocycles. The van der Waals surface area contributed by atoms with Crippen LogP contribution in [0.25, 0.3) is 5.69 Å². The van der Waals surface area contributed by atoms with Crippen molar-refractivity contribution in [3.8, 4) is 5.69 Å². The third-order valence-corrected chi connectivity index (χ3v) is 5.62. The van der Waals surface area contributed by atoms with Crippen LogP contribution in [0.15, 0.2) is 36.9 Å². The molecular formula is C18H18N4O6. The van der Waals surface area contributed by atoms with Crippen molar-refractivity contribution in [2.45, 2.75) is 6.42 Å². The van der Waals surface area contributed by atoms with Crippen molar-refractivity contribution in [1.29, 1.82) is 0 Å². The summed E-state index contributed by atoms with van der Waals surface area (Å²) < 4.78 is 6.89. The average Bonchev–Trinajstić information content (AvgIpc) is 3.35. The van der Waals surface area contributed by atoms with Gasteiger partial charge in [0.1, 0.15) is 5.69 Å². The molecule has 10 heteroatoms. The molecule has 2 aromatic rings. The van der Waals surface area contributed by atoms with Gasteiger partial charge in [-0.25, -0.2) is 4.98 Å². The lowest BCUT2D eigenvalue weighted by atomic mass is 9.74. The van der Waals surface area contributed by atoms with Crippen LogP contribution in [0, 0.1) is 21.4 Å². The van der Waals surface area contributed by atoms with Crippen LogP contribution >= 0.6 is 0 Å². The van der Waals surface area contributed by atoms with Crippen molar-refractivity contribution in [2.75, 3.05) is 26.3 Å². The fourth-order valence-electron chi connectivity index (χ4n) is 4.06. The molecular weight excluding hydrogens is 368 g/mol. The Morgan fingerprint density at radius 2 is 2.21 bits per heavy atom. The van der Waals surface area contributed by atoms with E-state index in [1.807, 2.05) is 0 Å². The predicted octanol–water partition coefficient (Wildman–Crippen LogP) is 1.34. The standard InChI is InChI=1S/C18H18N4O6/c23-16(21-8-13-9-28-6-3-18(13,10-21)17(24)25)12-1-2-14(15(7-12)22(26)27)20-5-4-19-11-20/h1-2,4-5,7,11,13H,3,6,8-10H2,(H,24,25)/t13-,18+/m0/s1. The summed E-state index contributed by atoms with van der Waals surface area (Å²) in [5, 5.41) is 21.2. The second kappa shape index (κ2) is 6.71. The summed E-state index contributed by atoms with van der Waals surface area (Å²) in [7, 11) is 0. The van der Waals surface area contributed by atoms with Gasteiger partial charge in [-0.2, -0.15) is 0 Å². The average molecular weight is 386 g/mol. The molecule has 2 aliphatic heterocycles. The molecule has 1 N–H and O–H groups in total. The number of hydrogen-bond donors (Lipinski definition) is 1. The first-order chi connectivity index (χ1) is 13.4. The molecule has 2 saturated heterocycles. The van der Waals surface area contributed by atoms with Crippen LogP contribution < -0.4 is 0 Å². The quantitative estimate of drug-likeness (QED) is 0.620. The van der Waals surface area contributed by atoms with E-state index in [-0.39, 0.29) is 36.9 Å². The van der Waals surface area contributed by atoms with E-state index in [1.165, 1.54) is 40.2 Å². The van der Waals surface area contributed by atoms with Gasteiger partial charge in [-0.15, -0.1) is 0 Å². The van der Waals surface area contributed by atoms with Crippen molar-refractivity contribution < 1.29 is 24.4 Å². The Morgan fingerprint density at radius 3 is 2.86 bits per heavy atom. The second-order valence-electron chi connectivity index (χ2n) is 7.10. The molecule has 2 fully saturated rings. The molecule has 146 valence electrons. The maximum atomic E-state index is 13.0. The number of amides is 1. The summed E-state index contributed by atoms with van der Waals surface area (Å²) in [5.41, 5.74) is -0.798. The van der Waals surface area contributed by atoms with Gasteiger partial charge in [-0.3, -0.25) is 19.7 Å². The number of nitro groups is 1. The number of fused-ring (bicyclic) bond motifs is 1. The van der Waals surface area contributed by atoms with E-state index in [4.69, 9.17) is 4.74 Å². The Labute approximate surface area is 159 Å². The molecule has 0 saturated carbocycles. The van der Waals surface area contributed by atoms with Crippen LogP contribution in [-0.2, 0) is 9.53 Å². The molecule has 0 radical (unpaired) electrons. The van der Waals surface area contributed by atoms with E-state index >= 15 is 0 Å². The number of imidazole rings is 1. The monoisotopic (exact) mass is 386 g/mol. The first-order valence-corrected chi connectivity index (χ1v) is 8.79. The van der Waals surface area contributed by atoms with E-state index in [2.05, 4.69) is 4.98 Å². The number of benzene rings is 1. The maximum absolute atomic E-state index is 13.0. The third kappa shape index (κ3) is 2.82. The van der Waals surface area contributed by atoms with E-state index in [0.29, 0.717) is 18.7 Å². The second-order valence-corrected chi connectivity index (χ2v) is 7.10. The van der Waals surface area contributed by atoms with Crippen LogP contribution in [-0.4, -0.2) is 62.7 Å². The lowest BCUT2D eigenvalue weighted by molar-refractivity contribution is -0.384. The smallest absolute Gasteiger partial charge is 0.311 e. The number of nitro benzene ring substituents is 1. The van der Waals surface area contributed by atoms with Crippen LogP contribution in [0.4, 0.5) is 5.69 Å². The number of carboxylic acids is 1. The highest BCUT2D eigenvalue weighted by molar-refractivity contribution is 5.96. The summed E-state index contributed by atoms with van der Waals surface area (Å²) in [4.78, 5) is 41.2. The Kier molecular flexibility index (Phi) is 4.34. The van der Waals surface area contributed by atoms with Gasteiger partial charge in [0.2, 0.25) is 0 Å². The lowest BCUT2D eigenvalue weighted by Gasteiger charge is -2.33. The zero-order valence-corrected chi connectivity index (χ0v) is 14.9. The Hall–Kier alpha value is -3.27. The van der Waals surface area contributed by atoms with Gasteiger partial charge in [0.25, 0.3) is 11.6 Å². The molecule has 2 atom stereocenters. The SMILES string of the molecule is O=C(c1ccc(-n2ccnc2)c([N+](=O)[O-])c1)N1C[C@H]2COCC[C@@]2(C(=O)O)C1. The number of aromatic nitrogens is 2. The molecule has 3 heterocycles. The Bertz CT molecular complexity index is 944. The largest absolute Gasteiger partial charge is 0.481 e. The molecule has 0 bridgehead atoms. The highest BCUT2D eigenvalue weighted by atomic mass is 16.6. The number of aliphatic carboxylic acids is 1. The molecule has 2 aliphatic rings. The van der Waals surface area contributed by atoms with Gasteiger partial charge < -0.3 is 19.3 Å². The van der Waals surface area contributed by atoms with Crippen molar-refractivity contribution in [2.24, 2.45) is 11.3 Å². The molecule has 1 amide bonds. The van der Waals surface area contributed by atoms with Crippen molar-refractivity contribution in [3.63, 3.8) is 0 Å². The van der Waals surface area contributed by atoms with E-state index in [0.717, 1.165) is 0 Å². The van der Waals surface area contributed by atoms with Gasteiger partial charge in [0, 0.05) is 49.6 Å². The van der Waals surface area contributed by atoms with Crippen LogP contribution in [0.3, 0.4) is 0 Å². The molecule has 10 nitrogen and oxygen atoms in total. The summed E-state index contributed by atoms with van der Waals surface area (Å²) in [6.45, 7) is 0.958. The minimum absolute atomic E-state index is 0.0757. The Balaban J connectivity index is 1.65. The zero-order valence-electron chi connectivity index (χ0n) is 14.9. The number of ether oxygens (including phenoxy) is 1. The van der Waals surface area contributed by atoms with Crippen LogP contribution in [0.1, 0.15) is 16.8 Å². The van der Waals surface area contributed by atoms with Crippen LogP contribution in [0.5, 0.6) is 0 Å². The van der Waals surface area contributed by atoms with Crippen molar-refractivity contribution >= 4 is 17.6 Å². The van der Waals surface area contributed by atoms with E-state index in [1.54, 1.807) is 6.20 Å². The van der Waals surface area contributed by atoms with E-state index < -0.39 is 22.2 Å². The Morgan fingerprint density at radius 1 is 1.39 bits per heavy atom. The summed E-state index contributed by atoms with van der Waals surface area (Å²) in [6.07, 6.45) is 4.86. The highest BCUT2D eigenvalue weighted by Crippen LogP contribution is 2.43. The van der Waals surface area contributed by atoms with Crippen LogP contribution in [0.2, 0.25) is 0 Å². The molecule has 4 rings (SSSR count). The molecule has 28 heavy (non-hydrogen) atoms. The minimum Gasteiger partial charge on any atom is -0.481 e. The normalized spacial score (nSPS) is 24.0. The first-order valence-electron chi connectivity index (χ1n) is 8.79. The summed E-state index contributed by atoms with van der Waals surface area (Å²) in [6, 6.07) is 4.23. The predicted molar refractivity (Wildman–Crippen MR) is 95.1 cm³/mol. The summed E-state index contributed by atoms with van der Waals surface area (Å²) in [5.74, 6) is -1.64. The van der Waals surface area contributed by atoms with Crippen molar-refractivity contribution in [1.82, 2.24) is 14.5 Å². The number of rotatable bonds is 4. The van der Waals surface area contributed by atoms with Crippen molar-refractivity contribution in [3.05, 3.63) is 52.6 Å². The lowest BCUT2D eigenvalue weighted by Crippen LogP contribution is -2.45. The van der Waals surface area contributed by atoms with Gasteiger partial charge >= 0.3 is 5.97 Å². The van der Waals surface area contributed by atoms with Gasteiger partial charge in [-0.05, 0) is 18.6 Å². The number of nitrogens with zero attached hydrogens (tertiary/aromatic N) is 4. The van der Waals surface area contributed by atoms with Gasteiger partial charge in [0.15, 0.2) is 0 Å². The molecule has 1 aromatic heterocycles. The number of hydrogen-bond acceptors (Lipinski definition) is 6. The topological polar surface area (TPSA) is 128 Å².